The van der Waals surface area contributed by atoms with E-state index >= 15 is 0 Å². The molecule has 1 unspecified atom stereocenters. The highest BCUT2D eigenvalue weighted by atomic mass is 16.1. The van der Waals surface area contributed by atoms with Crippen molar-refractivity contribution in [1.82, 2.24) is 9.55 Å². The molecule has 0 aliphatic rings. The third kappa shape index (κ3) is 2.16. The second-order valence-corrected chi connectivity index (χ2v) is 4.66. The van der Waals surface area contributed by atoms with E-state index in [4.69, 9.17) is 11.5 Å². The van der Waals surface area contributed by atoms with Gasteiger partial charge in [0.05, 0.1) is 11.0 Å². The minimum absolute atomic E-state index is 0.452. The molecule has 2 rings (SSSR count). The molecular formula is C13H18N4O. The average Bonchev–Trinajstić information content (AvgIpc) is 2.64. The van der Waals surface area contributed by atoms with Crippen LogP contribution in [0.5, 0.6) is 0 Å². The molecule has 1 amide bonds. The van der Waals surface area contributed by atoms with Gasteiger partial charge in [-0.3, -0.25) is 4.79 Å². The highest BCUT2D eigenvalue weighted by molar-refractivity contribution is 5.96. The number of imidazole rings is 1. The van der Waals surface area contributed by atoms with Gasteiger partial charge in [0, 0.05) is 12.1 Å². The number of benzene rings is 1. The van der Waals surface area contributed by atoms with Crippen molar-refractivity contribution in [3.8, 4) is 0 Å². The van der Waals surface area contributed by atoms with E-state index in [1.807, 2.05) is 10.6 Å². The van der Waals surface area contributed by atoms with Crippen molar-refractivity contribution in [2.75, 3.05) is 5.73 Å². The van der Waals surface area contributed by atoms with Crippen molar-refractivity contribution in [2.45, 2.75) is 26.8 Å². The highest BCUT2D eigenvalue weighted by Gasteiger charge is 2.12. The van der Waals surface area contributed by atoms with Crippen LogP contribution in [0.2, 0.25) is 0 Å². The molecule has 0 fully saturated rings. The van der Waals surface area contributed by atoms with E-state index in [0.29, 0.717) is 22.9 Å². The number of rotatable bonds is 4. The lowest BCUT2D eigenvalue weighted by atomic mass is 10.1. The number of nitrogen functional groups attached to an aromatic ring is 1. The Labute approximate surface area is 106 Å². The van der Waals surface area contributed by atoms with Crippen LogP contribution in [0.25, 0.3) is 11.0 Å². The van der Waals surface area contributed by atoms with E-state index < -0.39 is 5.91 Å². The molecule has 0 bridgehead atoms. The van der Waals surface area contributed by atoms with Crippen LogP contribution < -0.4 is 11.5 Å². The molecule has 2 aromatic rings. The quantitative estimate of drug-likeness (QED) is 0.861. The minimum atomic E-state index is -0.452. The number of nitrogens with two attached hydrogens (primary N) is 2. The summed E-state index contributed by atoms with van der Waals surface area (Å²) >= 11 is 0. The molecule has 1 aromatic carbocycles. The third-order valence-corrected chi connectivity index (χ3v) is 3.25. The number of fused-ring (bicyclic) bond motifs is 1. The van der Waals surface area contributed by atoms with Crippen LogP contribution in [0.4, 0.5) is 5.95 Å². The van der Waals surface area contributed by atoms with Crippen molar-refractivity contribution in [3.05, 3.63) is 23.8 Å². The lowest BCUT2D eigenvalue weighted by Crippen LogP contribution is -2.11. The number of aromatic nitrogens is 2. The Morgan fingerprint density at radius 2 is 2.22 bits per heavy atom. The smallest absolute Gasteiger partial charge is 0.248 e. The monoisotopic (exact) mass is 246 g/mol. The second-order valence-electron chi connectivity index (χ2n) is 4.66. The molecule has 18 heavy (non-hydrogen) atoms. The molecule has 1 aromatic heterocycles. The summed E-state index contributed by atoms with van der Waals surface area (Å²) < 4.78 is 1.98. The van der Waals surface area contributed by atoms with E-state index in [0.717, 1.165) is 18.5 Å². The zero-order valence-electron chi connectivity index (χ0n) is 10.7. The lowest BCUT2D eigenvalue weighted by molar-refractivity contribution is 0.100. The molecule has 0 spiro atoms. The molecule has 1 atom stereocenters. The van der Waals surface area contributed by atoms with Gasteiger partial charge < -0.3 is 16.0 Å². The molecule has 1 heterocycles. The van der Waals surface area contributed by atoms with Crippen LogP contribution in [0.1, 0.15) is 30.6 Å². The Hall–Kier alpha value is -2.04. The molecular weight excluding hydrogens is 228 g/mol. The van der Waals surface area contributed by atoms with Crippen molar-refractivity contribution >= 4 is 22.9 Å². The maximum atomic E-state index is 11.1. The Morgan fingerprint density at radius 1 is 1.50 bits per heavy atom. The fourth-order valence-electron chi connectivity index (χ4n) is 1.93. The van der Waals surface area contributed by atoms with Gasteiger partial charge in [-0.05, 0) is 24.1 Å². The molecule has 5 heteroatoms. The number of carbonyl (C=O) groups excluding carboxylic acids is 1. The maximum Gasteiger partial charge on any atom is 0.248 e. The average molecular weight is 246 g/mol. The summed E-state index contributed by atoms with van der Waals surface area (Å²) in [5, 5.41) is 0. The molecule has 0 radical (unpaired) electrons. The zero-order valence-corrected chi connectivity index (χ0v) is 10.7. The number of carbonyl (C=O) groups is 1. The van der Waals surface area contributed by atoms with Gasteiger partial charge in [-0.15, -0.1) is 0 Å². The van der Waals surface area contributed by atoms with Crippen molar-refractivity contribution in [1.29, 1.82) is 0 Å². The fraction of sp³-hybridized carbons (Fsp3) is 0.385. The number of nitrogens with zero attached hydrogens (tertiary/aromatic N) is 2. The maximum absolute atomic E-state index is 11.1. The number of hydrogen-bond acceptors (Lipinski definition) is 3. The van der Waals surface area contributed by atoms with Gasteiger partial charge in [-0.2, -0.15) is 0 Å². The predicted molar refractivity (Wildman–Crippen MR) is 72.1 cm³/mol. The summed E-state index contributed by atoms with van der Waals surface area (Å²) in [7, 11) is 0. The van der Waals surface area contributed by atoms with E-state index in [1.54, 1.807) is 12.1 Å². The van der Waals surface area contributed by atoms with Crippen LogP contribution in [-0.2, 0) is 6.54 Å². The van der Waals surface area contributed by atoms with Gasteiger partial charge >= 0.3 is 0 Å². The first-order valence-electron chi connectivity index (χ1n) is 6.08. The number of amides is 1. The first-order chi connectivity index (χ1) is 8.52. The predicted octanol–water partition coefficient (Wildman–Crippen LogP) is 1.76. The number of hydrogen-bond donors (Lipinski definition) is 2. The topological polar surface area (TPSA) is 86.9 Å². The van der Waals surface area contributed by atoms with Gasteiger partial charge in [-0.1, -0.05) is 20.3 Å². The third-order valence-electron chi connectivity index (χ3n) is 3.25. The Balaban J connectivity index is 2.48. The molecule has 96 valence electrons. The van der Waals surface area contributed by atoms with Crippen molar-refractivity contribution in [2.24, 2.45) is 11.7 Å². The Bertz CT molecular complexity index is 588. The first kappa shape index (κ1) is 12.4. The van der Waals surface area contributed by atoms with Gasteiger partial charge in [0.1, 0.15) is 0 Å². The van der Waals surface area contributed by atoms with Crippen LogP contribution in [0, 0.1) is 5.92 Å². The van der Waals surface area contributed by atoms with Crippen LogP contribution in [0.15, 0.2) is 18.2 Å². The summed E-state index contributed by atoms with van der Waals surface area (Å²) in [6, 6.07) is 5.24. The van der Waals surface area contributed by atoms with E-state index in [2.05, 4.69) is 18.8 Å². The van der Waals surface area contributed by atoms with E-state index in [9.17, 15) is 4.79 Å². The van der Waals surface area contributed by atoms with Gasteiger partial charge in [0.2, 0.25) is 11.9 Å². The SMILES string of the molecule is CCC(C)Cn1c(N)nc2cc(C(N)=O)ccc21. The number of anilines is 1. The Morgan fingerprint density at radius 3 is 2.83 bits per heavy atom. The van der Waals surface area contributed by atoms with Crippen LogP contribution >= 0.6 is 0 Å². The van der Waals surface area contributed by atoms with Crippen molar-refractivity contribution < 1.29 is 4.79 Å². The largest absolute Gasteiger partial charge is 0.369 e. The summed E-state index contributed by atoms with van der Waals surface area (Å²) in [6.45, 7) is 5.14. The van der Waals surface area contributed by atoms with Gasteiger partial charge in [0.25, 0.3) is 0 Å². The summed E-state index contributed by atoms with van der Waals surface area (Å²) in [5.41, 5.74) is 13.3. The zero-order chi connectivity index (χ0) is 13.3. The lowest BCUT2D eigenvalue weighted by Gasteiger charge is -2.11. The normalized spacial score (nSPS) is 12.8. The van der Waals surface area contributed by atoms with Gasteiger partial charge in [-0.25, -0.2) is 4.98 Å². The van der Waals surface area contributed by atoms with Crippen molar-refractivity contribution in [3.63, 3.8) is 0 Å². The summed E-state index contributed by atoms with van der Waals surface area (Å²) in [6.07, 6.45) is 1.08. The highest BCUT2D eigenvalue weighted by Crippen LogP contribution is 2.21. The van der Waals surface area contributed by atoms with Crippen LogP contribution in [0.3, 0.4) is 0 Å². The first-order valence-corrected chi connectivity index (χ1v) is 6.08. The molecule has 0 saturated carbocycles. The fourth-order valence-corrected chi connectivity index (χ4v) is 1.93. The standard InChI is InChI=1S/C13H18N4O/c1-3-8(2)7-17-11-5-4-9(12(14)18)6-10(11)16-13(17)15/h4-6,8H,3,7H2,1-2H3,(H2,14,18)(H2,15,16). The second kappa shape index (κ2) is 4.68. The molecule has 0 aliphatic carbocycles. The van der Waals surface area contributed by atoms with E-state index in [-0.39, 0.29) is 0 Å². The summed E-state index contributed by atoms with van der Waals surface area (Å²) in [4.78, 5) is 15.4. The number of primary amides is 1. The van der Waals surface area contributed by atoms with Gasteiger partial charge in [0.15, 0.2) is 0 Å². The molecule has 0 aliphatic heterocycles. The van der Waals surface area contributed by atoms with Crippen LogP contribution in [-0.4, -0.2) is 15.5 Å². The summed E-state index contributed by atoms with van der Waals surface area (Å²) in [5.74, 6) is 0.555. The van der Waals surface area contributed by atoms with E-state index in [1.165, 1.54) is 0 Å². The molecule has 4 N–H and O–H groups in total. The Kier molecular flexibility index (Phi) is 3.23. The minimum Gasteiger partial charge on any atom is -0.369 e. The molecule has 5 nitrogen and oxygen atoms in total. The molecule has 0 saturated heterocycles.